The minimum Gasteiger partial charge on any atom is -0.357 e. The number of aliphatic imine (C=N–C) groups is 1. The molecule has 4 rings (SSSR count). The molecule has 2 fully saturated rings. The molecule has 0 aromatic heterocycles. The minimum absolute atomic E-state index is 0. The smallest absolute Gasteiger partial charge is 0.233 e. The van der Waals surface area contributed by atoms with Gasteiger partial charge in [-0.2, -0.15) is 0 Å². The van der Waals surface area contributed by atoms with E-state index in [9.17, 15) is 9.59 Å². The van der Waals surface area contributed by atoms with E-state index in [-0.39, 0.29) is 59.5 Å². The highest BCUT2D eigenvalue weighted by Gasteiger charge is 2.58. The molecule has 4 atom stereocenters. The molecule has 8 heteroatoms. The zero-order chi connectivity index (χ0) is 20.4. The van der Waals surface area contributed by atoms with E-state index < -0.39 is 0 Å². The first-order valence-corrected chi connectivity index (χ1v) is 11.5. The monoisotopic (exact) mass is 540 g/mol. The molecule has 1 aromatic carbocycles. The van der Waals surface area contributed by atoms with Gasteiger partial charge in [0.1, 0.15) is 0 Å². The fourth-order valence-corrected chi connectivity index (χ4v) is 5.12. The zero-order valence-corrected chi connectivity index (χ0v) is 20.5. The number of nitrogens with one attached hydrogen (secondary N) is 2. The van der Waals surface area contributed by atoms with Gasteiger partial charge in [0.2, 0.25) is 11.8 Å². The van der Waals surface area contributed by atoms with Crippen LogP contribution in [0.25, 0.3) is 0 Å². The summed E-state index contributed by atoms with van der Waals surface area (Å²) < 4.78 is 0. The molecule has 30 heavy (non-hydrogen) atoms. The van der Waals surface area contributed by atoms with Crippen molar-refractivity contribution in [1.29, 1.82) is 0 Å². The number of carbonyl (C=O) groups excluding carboxylic acids is 2. The molecule has 0 radical (unpaired) electrons. The molecule has 1 saturated heterocycles. The summed E-state index contributed by atoms with van der Waals surface area (Å²) in [6, 6.07) is 8.36. The van der Waals surface area contributed by atoms with Crippen LogP contribution in [0.1, 0.15) is 18.9 Å². The summed E-state index contributed by atoms with van der Waals surface area (Å²) in [7, 11) is 0. The van der Waals surface area contributed by atoms with Gasteiger partial charge in [-0.15, -0.1) is 35.7 Å². The fraction of sp³-hybridized carbons (Fsp3) is 0.500. The van der Waals surface area contributed by atoms with Gasteiger partial charge in [0.15, 0.2) is 5.96 Å². The average Bonchev–Trinajstić information content (AvgIpc) is 3.42. The van der Waals surface area contributed by atoms with Crippen LogP contribution in [0.5, 0.6) is 0 Å². The molecule has 6 nitrogen and oxygen atoms in total. The van der Waals surface area contributed by atoms with E-state index in [1.54, 1.807) is 11.8 Å². The van der Waals surface area contributed by atoms with Crippen LogP contribution in [0.15, 0.2) is 46.3 Å². The lowest BCUT2D eigenvalue weighted by Gasteiger charge is -2.18. The van der Waals surface area contributed by atoms with Crippen LogP contribution >= 0.6 is 35.7 Å². The topological polar surface area (TPSA) is 73.8 Å². The number of amides is 2. The Balaban J connectivity index is 0.00000256. The number of halogens is 1. The predicted molar refractivity (Wildman–Crippen MR) is 131 cm³/mol. The number of fused-ring (bicyclic) bond motifs is 5. The van der Waals surface area contributed by atoms with Gasteiger partial charge >= 0.3 is 0 Å². The van der Waals surface area contributed by atoms with E-state index in [4.69, 9.17) is 0 Å². The second-order valence-electron chi connectivity index (χ2n) is 7.80. The van der Waals surface area contributed by atoms with E-state index >= 15 is 0 Å². The first-order valence-electron chi connectivity index (χ1n) is 10.3. The first kappa shape index (κ1) is 23.1. The summed E-state index contributed by atoms with van der Waals surface area (Å²) in [5, 5.41) is 6.48. The van der Waals surface area contributed by atoms with Gasteiger partial charge in [0.05, 0.1) is 18.4 Å². The summed E-state index contributed by atoms with van der Waals surface area (Å²) >= 11 is 1.72. The summed E-state index contributed by atoms with van der Waals surface area (Å²) in [5.41, 5.74) is 1.14. The maximum absolute atomic E-state index is 12.7. The molecule has 1 saturated carbocycles. The lowest BCUT2D eigenvalue weighted by Crippen LogP contribution is -2.43. The number of thioether (sulfide) groups is 1. The Hall–Kier alpha value is -1.55. The van der Waals surface area contributed by atoms with Crippen LogP contribution in [0.2, 0.25) is 0 Å². The molecular weight excluding hydrogens is 511 g/mol. The SMILES string of the molecule is CCNC(=NCc1ccc(SC)cc1)NCCN1C(=O)C2C3C=CC(C3)C2C1=O.I. The number of guanidine groups is 1. The first-order chi connectivity index (χ1) is 14.1. The van der Waals surface area contributed by atoms with Crippen LogP contribution in [-0.2, 0) is 16.1 Å². The Morgan fingerprint density at radius 2 is 1.73 bits per heavy atom. The number of likely N-dealkylation sites (tertiary alicyclic amines) is 1. The average molecular weight is 540 g/mol. The minimum atomic E-state index is -0.122. The molecule has 0 spiro atoms. The Morgan fingerprint density at radius 3 is 2.30 bits per heavy atom. The fourth-order valence-electron chi connectivity index (χ4n) is 4.71. The van der Waals surface area contributed by atoms with Crippen LogP contribution in [-0.4, -0.2) is 48.6 Å². The highest BCUT2D eigenvalue weighted by molar-refractivity contribution is 14.0. The molecule has 2 bridgehead atoms. The van der Waals surface area contributed by atoms with Crippen molar-refractivity contribution in [3.63, 3.8) is 0 Å². The number of allylic oxidation sites excluding steroid dienone is 2. The number of hydrogen-bond donors (Lipinski definition) is 2. The second kappa shape index (κ2) is 10.2. The van der Waals surface area contributed by atoms with Crippen molar-refractivity contribution in [1.82, 2.24) is 15.5 Å². The van der Waals surface area contributed by atoms with Gasteiger partial charge in [-0.3, -0.25) is 14.5 Å². The number of imide groups is 1. The quantitative estimate of drug-likeness (QED) is 0.139. The number of carbonyl (C=O) groups is 2. The van der Waals surface area contributed by atoms with Gasteiger partial charge in [-0.05, 0) is 49.1 Å². The van der Waals surface area contributed by atoms with Crippen molar-refractivity contribution in [2.24, 2.45) is 28.7 Å². The number of rotatable bonds is 7. The third kappa shape index (κ3) is 4.54. The van der Waals surface area contributed by atoms with E-state index in [1.807, 2.05) is 6.92 Å². The highest BCUT2D eigenvalue weighted by atomic mass is 127. The number of hydrogen-bond acceptors (Lipinski definition) is 4. The summed E-state index contributed by atoms with van der Waals surface area (Å²) in [6.07, 6.45) is 7.28. The molecular formula is C22H29IN4O2S. The standard InChI is InChI=1S/C22H28N4O2S.HI/c1-3-23-22(25-13-14-4-8-17(29-2)9-5-14)24-10-11-26-20(27)18-15-6-7-16(12-15)19(18)21(26)28;/h4-9,15-16,18-19H,3,10-13H2,1-2H3,(H2,23,24,25);1H. The second-order valence-corrected chi connectivity index (χ2v) is 8.68. The number of benzene rings is 1. The Morgan fingerprint density at radius 1 is 1.10 bits per heavy atom. The summed E-state index contributed by atoms with van der Waals surface area (Å²) in [6.45, 7) is 4.22. The van der Waals surface area contributed by atoms with Crippen molar-refractivity contribution < 1.29 is 9.59 Å². The van der Waals surface area contributed by atoms with E-state index in [0.29, 0.717) is 25.6 Å². The molecule has 2 N–H and O–H groups in total. The van der Waals surface area contributed by atoms with E-state index in [0.717, 1.165) is 18.5 Å². The largest absolute Gasteiger partial charge is 0.357 e. The van der Waals surface area contributed by atoms with Crippen LogP contribution in [0.4, 0.5) is 0 Å². The van der Waals surface area contributed by atoms with Crippen LogP contribution in [0.3, 0.4) is 0 Å². The van der Waals surface area contributed by atoms with Gasteiger partial charge in [-0.1, -0.05) is 24.3 Å². The lowest BCUT2D eigenvalue weighted by atomic mass is 9.85. The van der Waals surface area contributed by atoms with Gasteiger partial charge in [0.25, 0.3) is 0 Å². The summed E-state index contributed by atoms with van der Waals surface area (Å²) in [4.78, 5) is 32.8. The molecule has 162 valence electrons. The highest BCUT2D eigenvalue weighted by Crippen LogP contribution is 2.52. The molecule has 2 aliphatic carbocycles. The Kier molecular flexibility index (Phi) is 7.84. The van der Waals surface area contributed by atoms with Gasteiger partial charge < -0.3 is 10.6 Å². The van der Waals surface area contributed by atoms with Crippen LogP contribution in [0, 0.1) is 23.7 Å². The third-order valence-electron chi connectivity index (χ3n) is 6.11. The molecule has 3 aliphatic rings. The third-order valence-corrected chi connectivity index (χ3v) is 6.86. The summed E-state index contributed by atoms with van der Waals surface area (Å²) in [5.74, 6) is 0.991. The zero-order valence-electron chi connectivity index (χ0n) is 17.3. The Labute approximate surface area is 199 Å². The number of nitrogens with zero attached hydrogens (tertiary/aromatic N) is 2. The molecule has 2 amide bonds. The molecule has 1 heterocycles. The molecule has 1 aromatic rings. The van der Waals surface area contributed by atoms with Crippen molar-refractivity contribution in [2.45, 2.75) is 24.8 Å². The van der Waals surface area contributed by atoms with Crippen molar-refractivity contribution in [3.05, 3.63) is 42.0 Å². The van der Waals surface area contributed by atoms with Crippen molar-refractivity contribution in [3.8, 4) is 0 Å². The maximum atomic E-state index is 12.7. The van der Waals surface area contributed by atoms with E-state index in [1.165, 1.54) is 9.80 Å². The normalized spacial score (nSPS) is 26.7. The van der Waals surface area contributed by atoms with Gasteiger partial charge in [0, 0.05) is 24.5 Å². The van der Waals surface area contributed by atoms with Gasteiger partial charge in [-0.25, -0.2) is 4.99 Å². The predicted octanol–water partition coefficient (Wildman–Crippen LogP) is 2.89. The molecule has 4 unspecified atom stereocenters. The van der Waals surface area contributed by atoms with Crippen molar-refractivity contribution >= 4 is 53.5 Å². The van der Waals surface area contributed by atoms with E-state index in [2.05, 4.69) is 58.3 Å². The van der Waals surface area contributed by atoms with Crippen LogP contribution < -0.4 is 10.6 Å². The Bertz CT molecular complexity index is 812. The lowest BCUT2D eigenvalue weighted by molar-refractivity contribution is -0.140. The van der Waals surface area contributed by atoms with Crippen molar-refractivity contribution in [2.75, 3.05) is 25.9 Å². The maximum Gasteiger partial charge on any atom is 0.233 e. The molecule has 1 aliphatic heterocycles.